The van der Waals surface area contributed by atoms with Gasteiger partial charge in [-0.25, -0.2) is 0 Å². The van der Waals surface area contributed by atoms with Crippen LogP contribution in [0.3, 0.4) is 0 Å². The second-order valence-corrected chi connectivity index (χ2v) is 35.5. The number of fused-ring (bicyclic) bond motifs is 24. The largest absolute Gasteiger partial charge is 0.309 e. The van der Waals surface area contributed by atoms with E-state index in [9.17, 15) is 0 Å². The van der Waals surface area contributed by atoms with Crippen LogP contribution in [0, 0.1) is 0 Å². The van der Waals surface area contributed by atoms with Crippen molar-refractivity contribution in [1.82, 2.24) is 52.3 Å². The Morgan fingerprint density at radius 2 is 0.370 bits per heavy atom. The van der Waals surface area contributed by atoms with Gasteiger partial charge in [0.15, 0.2) is 0 Å². The minimum Gasteiger partial charge on any atom is -0.309 e. The molecule has 11 heteroatoms. The molecule has 29 rings (SSSR count). The molecule has 644 valence electrons. The molecule has 0 unspecified atom stereocenters. The Bertz CT molecular complexity index is 9870. The first kappa shape index (κ1) is 79.1. The molecule has 0 spiro atoms. The molecule has 11 heterocycles. The molecular formula is C127H81N11. The van der Waals surface area contributed by atoms with Crippen molar-refractivity contribution in [2.45, 2.75) is 0 Å². The Morgan fingerprint density at radius 3 is 0.754 bits per heavy atom. The molecule has 0 saturated heterocycles. The Balaban J connectivity index is 0.000000105. The van der Waals surface area contributed by atoms with Crippen LogP contribution < -0.4 is 0 Å². The lowest BCUT2D eigenvalue weighted by Crippen LogP contribution is -1.94. The first-order valence-corrected chi connectivity index (χ1v) is 46.8. The van der Waals surface area contributed by atoms with Crippen LogP contribution in [-0.4, -0.2) is 52.3 Å². The maximum absolute atomic E-state index is 4.90. The standard InChI is InChI=1S/C45H29N3.C44H28N4.C38H24N4/c1-3-11-34(12-4-1)47-41-18-10-8-15-36(41)38-27-32(23-25-42(38)47)30-19-21-31(22-20-30)33-24-26-43-39(28-33)45-37-16-7-9-17-40(37)46-29-44(45)48(43)35-13-5-2-6-14-35;1-3-9-29(10-4-1)30-15-19-34(20-16-30)47-40-22-18-31(25-38(40)44-37-13-7-8-14-39(37)46-28-43(44)47)32-17-21-35-36-23-24-45-27-42(36)48(41(35)26-32)33-11-5-2-6-12-33;1-3-9-27(10-4-1)41-34-18-16-25(21-32(34)38-31-13-7-8-14-33(31)40-24-37(38)41)26-15-17-29-30-19-20-39-23-36(30)42(35(29)22-26)28-11-5-2-6-12-28/h1-29H;1-28H;1-24H. The van der Waals surface area contributed by atoms with Crippen LogP contribution in [0.25, 0.3) is 253 Å². The number of hydrogen-bond donors (Lipinski definition) is 0. The van der Waals surface area contributed by atoms with Crippen molar-refractivity contribution < 1.29 is 0 Å². The van der Waals surface area contributed by atoms with E-state index in [0.29, 0.717) is 0 Å². The summed E-state index contributed by atoms with van der Waals surface area (Å²) < 4.78 is 14.0. The zero-order valence-electron chi connectivity index (χ0n) is 74.7. The molecule has 29 aromatic rings. The molecule has 0 aliphatic carbocycles. The summed E-state index contributed by atoms with van der Waals surface area (Å²) in [5.74, 6) is 0. The maximum atomic E-state index is 4.90. The Morgan fingerprint density at radius 1 is 0.130 bits per heavy atom. The van der Waals surface area contributed by atoms with E-state index in [2.05, 4.69) is 486 Å². The Kier molecular flexibility index (Phi) is 18.7. The van der Waals surface area contributed by atoms with Crippen LogP contribution >= 0.6 is 0 Å². The highest BCUT2D eigenvalue weighted by atomic mass is 15.0. The van der Waals surface area contributed by atoms with Gasteiger partial charge in [0, 0.05) is 127 Å². The van der Waals surface area contributed by atoms with E-state index in [0.717, 1.165) is 89.0 Å². The molecule has 0 fully saturated rings. The lowest BCUT2D eigenvalue weighted by molar-refractivity contribution is 1.17. The van der Waals surface area contributed by atoms with Crippen molar-refractivity contribution in [3.05, 3.63) is 492 Å². The van der Waals surface area contributed by atoms with E-state index in [1.54, 1.807) is 0 Å². The van der Waals surface area contributed by atoms with Crippen molar-refractivity contribution in [3.8, 4) is 89.8 Å². The van der Waals surface area contributed by atoms with E-state index in [-0.39, 0.29) is 0 Å². The average Bonchev–Trinajstić information content (AvgIpc) is 1.58. The van der Waals surface area contributed by atoms with E-state index in [1.165, 1.54) is 164 Å². The van der Waals surface area contributed by atoms with Gasteiger partial charge in [-0.05, 0) is 225 Å². The van der Waals surface area contributed by atoms with E-state index in [4.69, 9.17) is 15.0 Å². The number of aromatic nitrogens is 11. The second kappa shape index (κ2) is 32.6. The van der Waals surface area contributed by atoms with Crippen molar-refractivity contribution in [2.75, 3.05) is 0 Å². The smallest absolute Gasteiger partial charge is 0.0730 e. The Labute approximate surface area is 792 Å². The van der Waals surface area contributed by atoms with Crippen molar-refractivity contribution >= 4 is 164 Å². The highest BCUT2D eigenvalue weighted by Crippen LogP contribution is 2.46. The molecule has 0 aliphatic rings. The molecule has 0 saturated carbocycles. The van der Waals surface area contributed by atoms with Gasteiger partial charge in [-0.1, -0.05) is 279 Å². The highest BCUT2D eigenvalue weighted by Gasteiger charge is 2.25. The lowest BCUT2D eigenvalue weighted by atomic mass is 9.98. The minimum atomic E-state index is 0.997. The summed E-state index contributed by atoms with van der Waals surface area (Å²) in [4.78, 5) is 23.5. The normalized spacial score (nSPS) is 11.8. The van der Waals surface area contributed by atoms with Gasteiger partial charge in [-0.3, -0.25) is 24.9 Å². The summed E-state index contributed by atoms with van der Waals surface area (Å²) >= 11 is 0. The fourth-order valence-electron chi connectivity index (χ4n) is 21.6. The zero-order chi connectivity index (χ0) is 90.8. The summed E-state index contributed by atoms with van der Waals surface area (Å²) in [5.41, 5.74) is 35.6. The van der Waals surface area contributed by atoms with Gasteiger partial charge in [0.25, 0.3) is 0 Å². The lowest BCUT2D eigenvalue weighted by Gasteiger charge is -2.10. The van der Waals surface area contributed by atoms with Gasteiger partial charge in [0.2, 0.25) is 0 Å². The predicted octanol–water partition coefficient (Wildman–Crippen LogP) is 32.4. The van der Waals surface area contributed by atoms with E-state index >= 15 is 0 Å². The van der Waals surface area contributed by atoms with Crippen LogP contribution in [0.1, 0.15) is 0 Å². The molecule has 0 bridgehead atoms. The molecule has 11 nitrogen and oxygen atoms in total. The zero-order valence-corrected chi connectivity index (χ0v) is 74.7. The van der Waals surface area contributed by atoms with Crippen molar-refractivity contribution in [1.29, 1.82) is 0 Å². The van der Waals surface area contributed by atoms with E-state index in [1.807, 2.05) is 43.4 Å². The Hall–Kier alpha value is -18.7. The van der Waals surface area contributed by atoms with Crippen LogP contribution in [0.5, 0.6) is 0 Å². The van der Waals surface area contributed by atoms with Gasteiger partial charge in [0.05, 0.1) is 114 Å². The van der Waals surface area contributed by atoms with E-state index < -0.39 is 0 Å². The molecule has 11 aromatic heterocycles. The monoisotopic (exact) mass is 1760 g/mol. The average molecular weight is 1760 g/mol. The summed E-state index contributed by atoms with van der Waals surface area (Å²) in [6, 6.07) is 161. The third kappa shape index (κ3) is 13.1. The van der Waals surface area contributed by atoms with Crippen LogP contribution in [0.15, 0.2) is 492 Å². The van der Waals surface area contributed by atoms with Gasteiger partial charge in [-0.15, -0.1) is 0 Å². The van der Waals surface area contributed by atoms with Crippen LogP contribution in [0.2, 0.25) is 0 Å². The number of para-hydroxylation sites is 9. The third-order valence-corrected chi connectivity index (χ3v) is 27.8. The number of pyridine rings is 5. The van der Waals surface area contributed by atoms with Crippen LogP contribution in [0.4, 0.5) is 0 Å². The highest BCUT2D eigenvalue weighted by molar-refractivity contribution is 6.25. The third-order valence-electron chi connectivity index (χ3n) is 27.8. The first-order valence-electron chi connectivity index (χ1n) is 46.8. The SMILES string of the molecule is c1ccc(-c2ccc(-n3c4ccc(-c5ccc6c7ccncc7n(-c7ccccc7)c6c5)cc4c4c5ccccc5ncc43)cc2)cc1.c1ccc(-n2c3ccccc3c3cc(-c4ccc(-c5ccc6c(c5)c5c7ccccc7ncc5n6-c5ccccc5)cc4)ccc32)cc1.c1ccc(-n2c3cnccc3c3ccc(-c4ccc5c(c4)c4c6ccccc6ncc4n5-c4ccccc4)cc32)cc1. The molecule has 0 N–H and O–H groups in total. The van der Waals surface area contributed by atoms with Gasteiger partial charge >= 0.3 is 0 Å². The number of nitrogens with zero attached hydrogens (tertiary/aromatic N) is 11. The molecular weight excluding hydrogens is 1680 g/mol. The fraction of sp³-hybridized carbons (Fsp3) is 0. The summed E-state index contributed by atoms with van der Waals surface area (Å²) in [6.07, 6.45) is 13.8. The van der Waals surface area contributed by atoms with Crippen LogP contribution in [-0.2, 0) is 0 Å². The summed E-state index contributed by atoms with van der Waals surface area (Å²) in [6.45, 7) is 0. The maximum Gasteiger partial charge on any atom is 0.0730 e. The summed E-state index contributed by atoms with van der Waals surface area (Å²) in [7, 11) is 0. The predicted molar refractivity (Wildman–Crippen MR) is 574 cm³/mol. The van der Waals surface area contributed by atoms with Gasteiger partial charge < -0.3 is 27.4 Å². The molecule has 0 atom stereocenters. The number of benzene rings is 18. The molecule has 0 radical (unpaired) electrons. The molecule has 0 aliphatic heterocycles. The topological polar surface area (TPSA) is 94.0 Å². The quantitative estimate of drug-likeness (QED) is 0.129. The first-order chi connectivity index (χ1) is 68.5. The molecule has 138 heavy (non-hydrogen) atoms. The fourth-order valence-corrected chi connectivity index (χ4v) is 21.6. The molecule has 18 aromatic carbocycles. The number of hydrogen-bond acceptors (Lipinski definition) is 5. The minimum absolute atomic E-state index is 0.997. The number of rotatable bonds is 11. The van der Waals surface area contributed by atoms with Gasteiger partial charge in [-0.2, -0.15) is 0 Å². The summed E-state index contributed by atoms with van der Waals surface area (Å²) in [5, 5.41) is 18.2. The van der Waals surface area contributed by atoms with Gasteiger partial charge in [0.1, 0.15) is 0 Å². The van der Waals surface area contributed by atoms with Crippen molar-refractivity contribution in [2.24, 2.45) is 0 Å². The van der Waals surface area contributed by atoms with Crippen molar-refractivity contribution in [3.63, 3.8) is 0 Å². The second-order valence-electron chi connectivity index (χ2n) is 35.5. The molecule has 0 amide bonds.